The molecule has 2 rings (SSSR count). The number of nitrogens with zero attached hydrogens (tertiary/aromatic N) is 1. The van der Waals surface area contributed by atoms with E-state index in [0.717, 1.165) is 31.5 Å². The molecule has 90 valence electrons. The molecule has 1 saturated heterocycles. The van der Waals surface area contributed by atoms with Crippen LogP contribution in [0.25, 0.3) is 0 Å². The third-order valence-electron chi connectivity index (χ3n) is 3.78. The highest BCUT2D eigenvalue weighted by molar-refractivity contribution is 5.31. The van der Waals surface area contributed by atoms with Crippen molar-refractivity contribution < 1.29 is 0 Å². The lowest BCUT2D eigenvalue weighted by molar-refractivity contribution is 0.312. The lowest BCUT2D eigenvalue weighted by atomic mass is 9.71. The van der Waals surface area contributed by atoms with Gasteiger partial charge in [0, 0.05) is 18.4 Å². The van der Waals surface area contributed by atoms with Gasteiger partial charge in [0.05, 0.1) is 6.07 Å². The minimum atomic E-state index is 0.0487. The molecule has 0 aliphatic carbocycles. The maximum atomic E-state index is 9.06. The van der Waals surface area contributed by atoms with Gasteiger partial charge >= 0.3 is 0 Å². The van der Waals surface area contributed by atoms with E-state index in [0.29, 0.717) is 13.0 Å². The van der Waals surface area contributed by atoms with E-state index in [4.69, 9.17) is 11.0 Å². The average molecular weight is 229 g/mol. The molecule has 17 heavy (non-hydrogen) atoms. The topological polar surface area (TPSA) is 61.8 Å². The molecule has 0 saturated carbocycles. The molecule has 0 aromatic heterocycles. The van der Waals surface area contributed by atoms with Crippen molar-refractivity contribution in [1.82, 2.24) is 5.32 Å². The summed E-state index contributed by atoms with van der Waals surface area (Å²) in [4.78, 5) is 0. The first-order chi connectivity index (χ1) is 8.30. The van der Waals surface area contributed by atoms with Crippen molar-refractivity contribution in [3.63, 3.8) is 0 Å². The van der Waals surface area contributed by atoms with Crippen LogP contribution in [0.15, 0.2) is 24.3 Å². The highest BCUT2D eigenvalue weighted by atomic mass is 14.9. The van der Waals surface area contributed by atoms with Gasteiger partial charge in [-0.15, -0.1) is 0 Å². The molecular formula is C14H19N3. The summed E-state index contributed by atoms with van der Waals surface area (Å²) in [7, 11) is 0. The molecule has 0 bridgehead atoms. The van der Waals surface area contributed by atoms with Gasteiger partial charge in [0.2, 0.25) is 0 Å². The van der Waals surface area contributed by atoms with Gasteiger partial charge < -0.3 is 11.1 Å². The van der Waals surface area contributed by atoms with E-state index in [2.05, 4.69) is 35.7 Å². The summed E-state index contributed by atoms with van der Waals surface area (Å²) < 4.78 is 0. The maximum absolute atomic E-state index is 9.06. The average Bonchev–Trinajstić information content (AvgIpc) is 2.40. The Labute approximate surface area is 103 Å². The molecule has 0 atom stereocenters. The Morgan fingerprint density at radius 3 is 2.41 bits per heavy atom. The molecule has 0 radical (unpaired) electrons. The van der Waals surface area contributed by atoms with Gasteiger partial charge in [0.15, 0.2) is 0 Å². The fraction of sp³-hybridized carbons (Fsp3) is 0.500. The lowest BCUT2D eigenvalue weighted by Crippen LogP contribution is -2.39. The van der Waals surface area contributed by atoms with Crippen LogP contribution < -0.4 is 11.1 Å². The second kappa shape index (κ2) is 5.31. The zero-order valence-electron chi connectivity index (χ0n) is 10.1. The summed E-state index contributed by atoms with van der Waals surface area (Å²) in [6, 6.07) is 10.8. The first-order valence-corrected chi connectivity index (χ1v) is 6.18. The highest BCUT2D eigenvalue weighted by Crippen LogP contribution is 2.36. The molecule has 3 nitrogen and oxygen atoms in total. The third kappa shape index (κ3) is 2.49. The Hall–Kier alpha value is -1.37. The van der Waals surface area contributed by atoms with Crippen molar-refractivity contribution in [3.05, 3.63) is 35.4 Å². The zero-order chi connectivity index (χ0) is 12.1. The molecule has 1 aliphatic rings. The predicted molar refractivity (Wildman–Crippen MR) is 68.3 cm³/mol. The van der Waals surface area contributed by atoms with Crippen LogP contribution in [-0.2, 0) is 12.0 Å². The number of hydrogen-bond acceptors (Lipinski definition) is 3. The summed E-state index contributed by atoms with van der Waals surface area (Å²) in [5.74, 6) is 0. The van der Waals surface area contributed by atoms with E-state index in [9.17, 15) is 0 Å². The molecule has 3 N–H and O–H groups in total. The Balaban J connectivity index is 2.28. The molecule has 0 unspecified atom stereocenters. The largest absolute Gasteiger partial charge is 0.326 e. The summed E-state index contributed by atoms with van der Waals surface area (Å²) in [5.41, 5.74) is 8.09. The van der Waals surface area contributed by atoms with E-state index in [1.165, 1.54) is 5.56 Å². The molecule has 1 heterocycles. The quantitative estimate of drug-likeness (QED) is 0.829. The van der Waals surface area contributed by atoms with E-state index >= 15 is 0 Å². The van der Waals surface area contributed by atoms with E-state index in [-0.39, 0.29) is 5.41 Å². The number of nitrogens with one attached hydrogen (secondary N) is 1. The van der Waals surface area contributed by atoms with Crippen molar-refractivity contribution in [2.45, 2.75) is 31.2 Å². The van der Waals surface area contributed by atoms with Crippen molar-refractivity contribution in [3.8, 4) is 6.07 Å². The molecule has 1 aliphatic heterocycles. The number of benzene rings is 1. The smallest absolute Gasteiger partial charge is 0.0631 e. The highest BCUT2D eigenvalue weighted by Gasteiger charge is 2.33. The normalized spacial score (nSPS) is 18.6. The fourth-order valence-corrected chi connectivity index (χ4v) is 2.62. The maximum Gasteiger partial charge on any atom is 0.0631 e. The van der Waals surface area contributed by atoms with Crippen molar-refractivity contribution in [2.75, 3.05) is 13.1 Å². The number of nitrogens with two attached hydrogens (primary N) is 1. The number of nitriles is 1. The van der Waals surface area contributed by atoms with Crippen LogP contribution in [0.2, 0.25) is 0 Å². The van der Waals surface area contributed by atoms with Crippen LogP contribution in [0.1, 0.15) is 30.4 Å². The number of rotatable bonds is 3. The Kier molecular flexibility index (Phi) is 3.78. The van der Waals surface area contributed by atoms with E-state index in [1.807, 2.05) is 0 Å². The van der Waals surface area contributed by atoms with E-state index < -0.39 is 0 Å². The molecule has 0 amide bonds. The van der Waals surface area contributed by atoms with Gasteiger partial charge in [-0.25, -0.2) is 0 Å². The summed E-state index contributed by atoms with van der Waals surface area (Å²) in [6.45, 7) is 2.58. The number of piperidine rings is 1. The molecule has 1 fully saturated rings. The van der Waals surface area contributed by atoms with Crippen LogP contribution in [0, 0.1) is 11.3 Å². The van der Waals surface area contributed by atoms with Gasteiger partial charge in [-0.3, -0.25) is 0 Å². The standard InChI is InChI=1S/C14H19N3/c15-8-5-14(6-9-17-10-7-14)13-3-1-12(11-16)2-4-13/h1-4,17H,5-7,9-11,16H2. The van der Waals surface area contributed by atoms with Crippen LogP contribution in [0.3, 0.4) is 0 Å². The first kappa shape index (κ1) is 12.1. The van der Waals surface area contributed by atoms with Crippen LogP contribution >= 0.6 is 0 Å². The van der Waals surface area contributed by atoms with Crippen LogP contribution in [0.5, 0.6) is 0 Å². The lowest BCUT2D eigenvalue weighted by Gasteiger charge is -2.36. The fourth-order valence-electron chi connectivity index (χ4n) is 2.62. The minimum Gasteiger partial charge on any atom is -0.326 e. The van der Waals surface area contributed by atoms with Gasteiger partial charge in [0.1, 0.15) is 0 Å². The molecule has 3 heteroatoms. The van der Waals surface area contributed by atoms with Crippen molar-refractivity contribution in [2.24, 2.45) is 5.73 Å². The Bertz CT molecular complexity index is 396. The van der Waals surface area contributed by atoms with Crippen LogP contribution in [0.4, 0.5) is 0 Å². The zero-order valence-corrected chi connectivity index (χ0v) is 10.1. The number of hydrogen-bond donors (Lipinski definition) is 2. The SMILES string of the molecule is N#CCC1(c2ccc(CN)cc2)CCNCC1. The molecule has 0 spiro atoms. The second-order valence-corrected chi connectivity index (χ2v) is 4.77. The van der Waals surface area contributed by atoms with Crippen LogP contribution in [-0.4, -0.2) is 13.1 Å². The second-order valence-electron chi connectivity index (χ2n) is 4.77. The van der Waals surface area contributed by atoms with Gasteiger partial charge in [-0.1, -0.05) is 24.3 Å². The monoisotopic (exact) mass is 229 g/mol. The predicted octanol–water partition coefficient (Wildman–Crippen LogP) is 1.68. The summed E-state index contributed by atoms with van der Waals surface area (Å²) in [6.07, 6.45) is 2.70. The van der Waals surface area contributed by atoms with Crippen molar-refractivity contribution >= 4 is 0 Å². The van der Waals surface area contributed by atoms with Gasteiger partial charge in [0.25, 0.3) is 0 Å². The Morgan fingerprint density at radius 1 is 1.24 bits per heavy atom. The van der Waals surface area contributed by atoms with E-state index in [1.54, 1.807) is 0 Å². The molecule has 1 aromatic rings. The minimum absolute atomic E-state index is 0.0487. The molecular weight excluding hydrogens is 210 g/mol. The van der Waals surface area contributed by atoms with Crippen molar-refractivity contribution in [1.29, 1.82) is 5.26 Å². The van der Waals surface area contributed by atoms with Gasteiger partial charge in [-0.2, -0.15) is 5.26 Å². The third-order valence-corrected chi connectivity index (χ3v) is 3.78. The first-order valence-electron chi connectivity index (χ1n) is 6.18. The van der Waals surface area contributed by atoms with Gasteiger partial charge in [-0.05, 0) is 37.1 Å². The summed E-state index contributed by atoms with van der Waals surface area (Å²) >= 11 is 0. The summed E-state index contributed by atoms with van der Waals surface area (Å²) in [5, 5.41) is 12.4. The molecule has 1 aromatic carbocycles. The Morgan fingerprint density at radius 2 is 1.88 bits per heavy atom.